The van der Waals surface area contributed by atoms with E-state index >= 15 is 0 Å². The highest BCUT2D eigenvalue weighted by molar-refractivity contribution is 4.83. The van der Waals surface area contributed by atoms with Crippen LogP contribution in [0.4, 0.5) is 0 Å². The Balaban J connectivity index is 2.27. The third-order valence-corrected chi connectivity index (χ3v) is 2.73. The molecule has 2 atom stereocenters. The molecule has 0 aromatic carbocycles. The van der Waals surface area contributed by atoms with E-state index in [1.54, 1.807) is 0 Å². The summed E-state index contributed by atoms with van der Waals surface area (Å²) in [6.07, 6.45) is 5.48. The van der Waals surface area contributed by atoms with E-state index in [1.165, 1.54) is 25.7 Å². The van der Waals surface area contributed by atoms with Crippen molar-refractivity contribution in [3.8, 4) is 0 Å². The maximum Gasteiger partial charge on any atom is 0.0782 e. The lowest BCUT2D eigenvalue weighted by Gasteiger charge is -2.38. The summed E-state index contributed by atoms with van der Waals surface area (Å²) in [5.41, 5.74) is 0.0901. The molecule has 2 heteroatoms. The molecule has 1 heterocycles. The first-order chi connectivity index (χ1) is 6.16. The molecule has 0 radical (unpaired) electrons. The van der Waals surface area contributed by atoms with Crippen molar-refractivity contribution < 1.29 is 4.74 Å². The first-order valence-electron chi connectivity index (χ1n) is 5.55. The Bertz CT molecular complexity index is 149. The number of hydrogen-bond acceptors (Lipinski definition) is 2. The van der Waals surface area contributed by atoms with Crippen LogP contribution in [0.5, 0.6) is 0 Å². The average molecular weight is 185 g/mol. The molecule has 1 N–H and O–H groups in total. The lowest BCUT2D eigenvalue weighted by Crippen LogP contribution is -2.51. The number of rotatable bonds is 4. The number of morpholine rings is 1. The molecule has 0 saturated carbocycles. The molecular formula is C11H23NO. The third-order valence-electron chi connectivity index (χ3n) is 2.73. The van der Waals surface area contributed by atoms with Gasteiger partial charge in [0.25, 0.3) is 0 Å². The molecule has 0 bridgehead atoms. The fourth-order valence-electron chi connectivity index (χ4n) is 2.01. The van der Waals surface area contributed by atoms with Gasteiger partial charge in [0.15, 0.2) is 0 Å². The van der Waals surface area contributed by atoms with Crippen LogP contribution in [0.15, 0.2) is 0 Å². The monoisotopic (exact) mass is 185 g/mol. The number of nitrogens with one attached hydrogen (secondary N) is 1. The Morgan fingerprint density at radius 1 is 1.46 bits per heavy atom. The molecule has 78 valence electrons. The van der Waals surface area contributed by atoms with Crippen LogP contribution in [0.25, 0.3) is 0 Å². The van der Waals surface area contributed by atoms with Gasteiger partial charge in [0.2, 0.25) is 0 Å². The Hall–Kier alpha value is -0.0800. The Morgan fingerprint density at radius 3 is 2.85 bits per heavy atom. The van der Waals surface area contributed by atoms with Crippen LogP contribution in [0.2, 0.25) is 0 Å². The van der Waals surface area contributed by atoms with Crippen molar-refractivity contribution in [3.05, 3.63) is 0 Å². The summed E-state index contributed by atoms with van der Waals surface area (Å²) < 4.78 is 5.96. The van der Waals surface area contributed by atoms with E-state index in [0.29, 0.717) is 6.10 Å². The van der Waals surface area contributed by atoms with Crippen molar-refractivity contribution in [3.63, 3.8) is 0 Å². The first-order valence-corrected chi connectivity index (χ1v) is 5.55. The molecule has 0 aromatic rings. The average Bonchev–Trinajstić information content (AvgIpc) is 2.04. The van der Waals surface area contributed by atoms with Crippen LogP contribution in [-0.4, -0.2) is 24.8 Å². The van der Waals surface area contributed by atoms with Crippen LogP contribution >= 0.6 is 0 Å². The van der Waals surface area contributed by atoms with Gasteiger partial charge in [-0.2, -0.15) is 0 Å². The second kappa shape index (κ2) is 4.97. The summed E-state index contributed by atoms with van der Waals surface area (Å²) in [6.45, 7) is 8.63. The number of unbranched alkanes of at least 4 members (excludes halogenated alkanes) is 2. The van der Waals surface area contributed by atoms with Crippen molar-refractivity contribution in [1.82, 2.24) is 5.32 Å². The van der Waals surface area contributed by atoms with Crippen molar-refractivity contribution >= 4 is 0 Å². The highest BCUT2D eigenvalue weighted by Gasteiger charge is 2.30. The minimum absolute atomic E-state index is 0.0901. The molecule has 2 unspecified atom stereocenters. The summed E-state index contributed by atoms with van der Waals surface area (Å²) in [6, 6.07) is 0. The van der Waals surface area contributed by atoms with Crippen LogP contribution in [0, 0.1) is 0 Å². The Morgan fingerprint density at radius 2 is 2.23 bits per heavy atom. The van der Waals surface area contributed by atoms with Gasteiger partial charge in [-0.25, -0.2) is 0 Å². The predicted octanol–water partition coefficient (Wildman–Crippen LogP) is 2.33. The number of ether oxygens (including phenoxy) is 1. The molecule has 0 amide bonds. The van der Waals surface area contributed by atoms with Crippen molar-refractivity contribution in [1.29, 1.82) is 0 Å². The molecule has 1 aliphatic heterocycles. The highest BCUT2D eigenvalue weighted by atomic mass is 16.5. The SMILES string of the molecule is CCCCCC1(C)CNCC(C)O1. The van der Waals surface area contributed by atoms with Crippen LogP contribution in [0.3, 0.4) is 0 Å². The van der Waals surface area contributed by atoms with Gasteiger partial charge in [-0.1, -0.05) is 26.2 Å². The zero-order chi connectivity index (χ0) is 9.73. The topological polar surface area (TPSA) is 21.3 Å². The summed E-state index contributed by atoms with van der Waals surface area (Å²) in [5.74, 6) is 0. The molecule has 1 fully saturated rings. The second-order valence-corrected chi connectivity index (χ2v) is 4.47. The van der Waals surface area contributed by atoms with Crippen LogP contribution in [-0.2, 0) is 4.74 Å². The quantitative estimate of drug-likeness (QED) is 0.679. The van der Waals surface area contributed by atoms with Gasteiger partial charge < -0.3 is 10.1 Å². The lowest BCUT2D eigenvalue weighted by molar-refractivity contribution is -0.102. The normalized spacial score (nSPS) is 34.8. The summed E-state index contributed by atoms with van der Waals surface area (Å²) in [5, 5.41) is 3.43. The molecule has 1 aliphatic rings. The van der Waals surface area contributed by atoms with Crippen molar-refractivity contribution in [2.75, 3.05) is 13.1 Å². The molecule has 1 saturated heterocycles. The maximum absolute atomic E-state index is 5.96. The zero-order valence-electron chi connectivity index (χ0n) is 9.23. The standard InChI is InChI=1S/C11H23NO/c1-4-5-6-7-11(3)9-12-8-10(2)13-11/h10,12H,4-9H2,1-3H3. The van der Waals surface area contributed by atoms with Gasteiger partial charge in [-0.15, -0.1) is 0 Å². The maximum atomic E-state index is 5.96. The van der Waals surface area contributed by atoms with Gasteiger partial charge in [0.1, 0.15) is 0 Å². The van der Waals surface area contributed by atoms with E-state index in [1.807, 2.05) is 0 Å². The third kappa shape index (κ3) is 3.65. The number of hydrogen-bond donors (Lipinski definition) is 1. The van der Waals surface area contributed by atoms with Gasteiger partial charge >= 0.3 is 0 Å². The smallest absolute Gasteiger partial charge is 0.0782 e. The van der Waals surface area contributed by atoms with Gasteiger partial charge in [0, 0.05) is 13.1 Å². The molecule has 0 spiro atoms. The predicted molar refractivity (Wildman–Crippen MR) is 56.0 cm³/mol. The Labute approximate surface area is 82.0 Å². The van der Waals surface area contributed by atoms with E-state index in [4.69, 9.17) is 4.74 Å². The van der Waals surface area contributed by atoms with Crippen LogP contribution in [0.1, 0.15) is 46.5 Å². The van der Waals surface area contributed by atoms with Crippen molar-refractivity contribution in [2.24, 2.45) is 0 Å². The summed E-state index contributed by atoms with van der Waals surface area (Å²) >= 11 is 0. The molecule has 2 nitrogen and oxygen atoms in total. The summed E-state index contributed by atoms with van der Waals surface area (Å²) in [7, 11) is 0. The van der Waals surface area contributed by atoms with Gasteiger partial charge in [-0.05, 0) is 20.3 Å². The van der Waals surface area contributed by atoms with E-state index in [9.17, 15) is 0 Å². The van der Waals surface area contributed by atoms with Gasteiger partial charge in [-0.3, -0.25) is 0 Å². The minimum Gasteiger partial charge on any atom is -0.370 e. The van der Waals surface area contributed by atoms with E-state index in [-0.39, 0.29) is 5.60 Å². The molecule has 0 aromatic heterocycles. The molecule has 0 aliphatic carbocycles. The van der Waals surface area contributed by atoms with Crippen LogP contribution < -0.4 is 5.32 Å². The highest BCUT2D eigenvalue weighted by Crippen LogP contribution is 2.22. The van der Waals surface area contributed by atoms with Gasteiger partial charge in [0.05, 0.1) is 11.7 Å². The van der Waals surface area contributed by atoms with E-state index in [2.05, 4.69) is 26.1 Å². The largest absolute Gasteiger partial charge is 0.370 e. The minimum atomic E-state index is 0.0901. The van der Waals surface area contributed by atoms with E-state index in [0.717, 1.165) is 13.1 Å². The zero-order valence-corrected chi connectivity index (χ0v) is 9.23. The summed E-state index contributed by atoms with van der Waals surface area (Å²) in [4.78, 5) is 0. The molecule has 1 rings (SSSR count). The Kier molecular flexibility index (Phi) is 4.20. The fraction of sp³-hybridized carbons (Fsp3) is 1.00. The lowest BCUT2D eigenvalue weighted by atomic mass is 9.96. The molecular weight excluding hydrogens is 162 g/mol. The van der Waals surface area contributed by atoms with Crippen molar-refractivity contribution in [2.45, 2.75) is 58.2 Å². The first kappa shape index (κ1) is 11.0. The van der Waals surface area contributed by atoms with E-state index < -0.39 is 0 Å². The molecule has 13 heavy (non-hydrogen) atoms. The fourth-order valence-corrected chi connectivity index (χ4v) is 2.01. The second-order valence-electron chi connectivity index (χ2n) is 4.47.